The second-order valence-corrected chi connectivity index (χ2v) is 3.96. The van der Waals surface area contributed by atoms with Crippen molar-refractivity contribution >= 4 is 18.2 Å². The number of aryl methyl sites for hydroxylation is 1. The lowest BCUT2D eigenvalue weighted by Crippen LogP contribution is -1.98. The molecule has 0 amide bonds. The van der Waals surface area contributed by atoms with Crippen molar-refractivity contribution in [3.05, 3.63) is 47.7 Å². The van der Waals surface area contributed by atoms with Gasteiger partial charge in [-0.1, -0.05) is 37.3 Å². The maximum absolute atomic E-state index is 7.36. The Bertz CT molecular complexity index is 540. The normalized spacial score (nSPS) is 10.9. The van der Waals surface area contributed by atoms with Gasteiger partial charge >= 0.3 is 0 Å². The van der Waals surface area contributed by atoms with Gasteiger partial charge in [-0.15, -0.1) is 0 Å². The zero-order chi connectivity index (χ0) is 12.8. The minimum absolute atomic E-state index is 0.746. The predicted molar refractivity (Wildman–Crippen MR) is 74.1 cm³/mol. The van der Waals surface area contributed by atoms with Crippen molar-refractivity contribution in [2.24, 2.45) is 4.99 Å². The lowest BCUT2D eigenvalue weighted by atomic mass is 10.2. The average molecular weight is 240 g/mol. The molecule has 4 heteroatoms. The van der Waals surface area contributed by atoms with Crippen LogP contribution in [-0.2, 0) is 6.54 Å². The van der Waals surface area contributed by atoms with Crippen LogP contribution in [0.1, 0.15) is 24.5 Å². The van der Waals surface area contributed by atoms with Crippen molar-refractivity contribution in [1.82, 2.24) is 9.78 Å². The Morgan fingerprint density at radius 1 is 1.33 bits per heavy atom. The van der Waals surface area contributed by atoms with E-state index in [0.717, 1.165) is 29.9 Å². The van der Waals surface area contributed by atoms with Gasteiger partial charge < -0.3 is 5.41 Å². The van der Waals surface area contributed by atoms with Crippen LogP contribution in [0.2, 0.25) is 0 Å². The summed E-state index contributed by atoms with van der Waals surface area (Å²) < 4.78 is 1.83. The van der Waals surface area contributed by atoms with E-state index in [2.05, 4.69) is 17.0 Å². The van der Waals surface area contributed by atoms with E-state index < -0.39 is 0 Å². The summed E-state index contributed by atoms with van der Waals surface area (Å²) in [7, 11) is 0. The average Bonchev–Trinajstić information content (AvgIpc) is 2.80. The Labute approximate surface area is 107 Å². The number of rotatable bonds is 5. The fraction of sp³-hybridized carbons (Fsp3) is 0.214. The van der Waals surface area contributed by atoms with Gasteiger partial charge in [-0.05, 0) is 12.0 Å². The summed E-state index contributed by atoms with van der Waals surface area (Å²) in [5.74, 6) is 0.746. The Balaban J connectivity index is 2.29. The summed E-state index contributed by atoms with van der Waals surface area (Å²) in [6, 6.07) is 9.91. The van der Waals surface area contributed by atoms with Gasteiger partial charge in [-0.25, -0.2) is 9.67 Å². The molecule has 0 atom stereocenters. The number of nitrogens with one attached hydrogen (secondary N) is 1. The monoisotopic (exact) mass is 240 g/mol. The molecule has 0 radical (unpaired) electrons. The molecule has 1 N–H and O–H groups in total. The van der Waals surface area contributed by atoms with E-state index in [-0.39, 0.29) is 0 Å². The van der Waals surface area contributed by atoms with Crippen molar-refractivity contribution in [2.45, 2.75) is 19.9 Å². The topological polar surface area (TPSA) is 54.0 Å². The van der Waals surface area contributed by atoms with Crippen molar-refractivity contribution in [3.63, 3.8) is 0 Å². The number of nitrogens with zero attached hydrogens (tertiary/aromatic N) is 3. The van der Waals surface area contributed by atoms with Gasteiger partial charge in [0.15, 0.2) is 5.82 Å². The molecule has 1 heterocycles. The Kier molecular flexibility index (Phi) is 4.02. The summed E-state index contributed by atoms with van der Waals surface area (Å²) >= 11 is 0. The van der Waals surface area contributed by atoms with Gasteiger partial charge in [0.05, 0.1) is 11.8 Å². The van der Waals surface area contributed by atoms with Crippen molar-refractivity contribution in [2.75, 3.05) is 0 Å². The number of benzene rings is 1. The number of aromatic nitrogens is 2. The van der Waals surface area contributed by atoms with Crippen LogP contribution >= 0.6 is 0 Å². The molecule has 1 aromatic heterocycles. The first kappa shape index (κ1) is 12.2. The number of aliphatic imine (C=N–C) groups is 1. The fourth-order valence-corrected chi connectivity index (χ4v) is 1.69. The first-order valence-corrected chi connectivity index (χ1v) is 6.00. The van der Waals surface area contributed by atoms with Gasteiger partial charge in [0.2, 0.25) is 0 Å². The third-order valence-electron chi connectivity index (χ3n) is 2.57. The van der Waals surface area contributed by atoms with E-state index in [0.29, 0.717) is 0 Å². The smallest absolute Gasteiger partial charge is 0.159 e. The molecule has 2 rings (SSSR count). The molecule has 0 spiro atoms. The van der Waals surface area contributed by atoms with E-state index in [4.69, 9.17) is 5.41 Å². The van der Waals surface area contributed by atoms with Gasteiger partial charge in [0.25, 0.3) is 0 Å². The Morgan fingerprint density at radius 3 is 2.78 bits per heavy atom. The highest BCUT2D eigenvalue weighted by Gasteiger charge is 2.06. The summed E-state index contributed by atoms with van der Waals surface area (Å²) in [4.78, 5) is 4.45. The molecular formula is C14H16N4. The van der Waals surface area contributed by atoms with E-state index >= 15 is 0 Å². The highest BCUT2D eigenvalue weighted by atomic mass is 15.3. The number of hydrogen-bond acceptors (Lipinski definition) is 3. The molecule has 0 bridgehead atoms. The highest BCUT2D eigenvalue weighted by molar-refractivity contribution is 5.87. The van der Waals surface area contributed by atoms with Gasteiger partial charge in [-0.3, -0.25) is 0 Å². The van der Waals surface area contributed by atoms with Gasteiger partial charge in [0.1, 0.15) is 0 Å². The first-order valence-electron chi connectivity index (χ1n) is 6.00. The Morgan fingerprint density at radius 2 is 2.11 bits per heavy atom. The third-order valence-corrected chi connectivity index (χ3v) is 2.57. The molecule has 0 unspecified atom stereocenters. The quantitative estimate of drug-likeness (QED) is 0.802. The minimum atomic E-state index is 0.746. The van der Waals surface area contributed by atoms with Crippen molar-refractivity contribution in [3.8, 4) is 0 Å². The predicted octanol–water partition coefficient (Wildman–Crippen LogP) is 3.04. The first-order chi connectivity index (χ1) is 8.85. The summed E-state index contributed by atoms with van der Waals surface area (Å²) in [6.45, 7) is 2.91. The molecule has 0 aliphatic rings. The van der Waals surface area contributed by atoms with Gasteiger partial charge in [-0.2, -0.15) is 5.10 Å². The van der Waals surface area contributed by atoms with E-state index in [9.17, 15) is 0 Å². The molecule has 0 saturated carbocycles. The molecule has 92 valence electrons. The SMILES string of the molecule is CCCn1ncc(C=N)c1N=Cc1ccccc1. The molecular weight excluding hydrogens is 224 g/mol. The zero-order valence-corrected chi connectivity index (χ0v) is 10.4. The summed E-state index contributed by atoms with van der Waals surface area (Å²) in [6.07, 6.45) is 5.76. The fourth-order valence-electron chi connectivity index (χ4n) is 1.69. The van der Waals surface area contributed by atoms with Crippen molar-refractivity contribution < 1.29 is 0 Å². The summed E-state index contributed by atoms with van der Waals surface area (Å²) in [5, 5.41) is 11.6. The standard InChI is InChI=1S/C14H16N4/c1-2-8-18-14(13(9-15)11-17-18)16-10-12-6-4-3-5-7-12/h3-7,9-11,15H,2,8H2,1H3. The highest BCUT2D eigenvalue weighted by Crippen LogP contribution is 2.17. The van der Waals surface area contributed by atoms with E-state index in [1.807, 2.05) is 35.0 Å². The second-order valence-electron chi connectivity index (χ2n) is 3.96. The molecule has 1 aromatic carbocycles. The van der Waals surface area contributed by atoms with Crippen molar-refractivity contribution in [1.29, 1.82) is 5.41 Å². The van der Waals surface area contributed by atoms with Crippen LogP contribution in [0.5, 0.6) is 0 Å². The number of hydrogen-bond donors (Lipinski definition) is 1. The second kappa shape index (κ2) is 5.91. The largest absolute Gasteiger partial charge is 0.308 e. The van der Waals surface area contributed by atoms with Crippen LogP contribution in [0.3, 0.4) is 0 Å². The minimum Gasteiger partial charge on any atom is -0.308 e. The summed E-state index contributed by atoms with van der Waals surface area (Å²) in [5.41, 5.74) is 1.79. The van der Waals surface area contributed by atoms with Crippen LogP contribution in [0, 0.1) is 5.41 Å². The maximum atomic E-state index is 7.36. The van der Waals surface area contributed by atoms with Crippen LogP contribution in [0.4, 0.5) is 5.82 Å². The van der Waals surface area contributed by atoms with Crippen LogP contribution in [-0.4, -0.2) is 22.2 Å². The molecule has 4 nitrogen and oxygen atoms in total. The zero-order valence-electron chi connectivity index (χ0n) is 10.4. The molecule has 0 fully saturated rings. The third kappa shape index (κ3) is 2.71. The molecule has 0 aliphatic heterocycles. The van der Waals surface area contributed by atoms with Crippen LogP contribution in [0.25, 0.3) is 0 Å². The Hall–Kier alpha value is -2.23. The molecule has 2 aromatic rings. The van der Waals surface area contributed by atoms with Gasteiger partial charge in [0, 0.05) is 19.0 Å². The van der Waals surface area contributed by atoms with Crippen LogP contribution in [0.15, 0.2) is 41.5 Å². The van der Waals surface area contributed by atoms with Crippen LogP contribution < -0.4 is 0 Å². The molecule has 0 saturated heterocycles. The lowest BCUT2D eigenvalue weighted by Gasteiger charge is -2.01. The lowest BCUT2D eigenvalue weighted by molar-refractivity contribution is 0.607. The molecule has 18 heavy (non-hydrogen) atoms. The van der Waals surface area contributed by atoms with E-state index in [1.165, 1.54) is 6.21 Å². The van der Waals surface area contributed by atoms with E-state index in [1.54, 1.807) is 12.4 Å². The molecule has 0 aliphatic carbocycles. The maximum Gasteiger partial charge on any atom is 0.159 e.